The SMILES string of the molecule is COCCN(C)CC(=O)c1cc(C)n(-c2ccc(C)cc2)c1C. The van der Waals surface area contributed by atoms with Crippen molar-refractivity contribution in [2.75, 3.05) is 33.9 Å². The van der Waals surface area contributed by atoms with E-state index in [1.165, 1.54) is 5.56 Å². The third kappa shape index (κ3) is 4.09. The van der Waals surface area contributed by atoms with Crippen molar-refractivity contribution >= 4 is 5.78 Å². The van der Waals surface area contributed by atoms with Crippen molar-refractivity contribution in [1.82, 2.24) is 9.47 Å². The monoisotopic (exact) mass is 314 g/mol. The number of aryl methyl sites for hydroxylation is 2. The standard InChI is InChI=1S/C19H26N2O2/c1-14-6-8-17(9-7-14)21-15(2)12-18(16(21)3)19(22)13-20(4)10-11-23-5/h6-9,12H,10-11,13H2,1-5H3. The van der Waals surface area contributed by atoms with E-state index in [1.54, 1.807) is 7.11 Å². The Morgan fingerprint density at radius 3 is 2.43 bits per heavy atom. The number of methoxy groups -OCH3 is 1. The molecular formula is C19H26N2O2. The van der Waals surface area contributed by atoms with Gasteiger partial charge in [-0.3, -0.25) is 9.69 Å². The highest BCUT2D eigenvalue weighted by Gasteiger charge is 2.17. The lowest BCUT2D eigenvalue weighted by Gasteiger charge is -2.15. The van der Waals surface area contributed by atoms with Gasteiger partial charge in [-0.1, -0.05) is 17.7 Å². The van der Waals surface area contributed by atoms with E-state index in [4.69, 9.17) is 4.74 Å². The van der Waals surface area contributed by atoms with Gasteiger partial charge in [0, 0.05) is 36.3 Å². The summed E-state index contributed by atoms with van der Waals surface area (Å²) in [5, 5.41) is 0. The smallest absolute Gasteiger partial charge is 0.178 e. The maximum absolute atomic E-state index is 12.6. The predicted molar refractivity (Wildman–Crippen MR) is 93.7 cm³/mol. The van der Waals surface area contributed by atoms with E-state index in [9.17, 15) is 4.79 Å². The summed E-state index contributed by atoms with van der Waals surface area (Å²) in [5.74, 6) is 0.148. The fraction of sp³-hybridized carbons (Fsp3) is 0.421. The Morgan fingerprint density at radius 1 is 1.17 bits per heavy atom. The Hall–Kier alpha value is -1.91. The summed E-state index contributed by atoms with van der Waals surface area (Å²) in [6.07, 6.45) is 0. The molecule has 2 rings (SSSR count). The highest BCUT2D eigenvalue weighted by atomic mass is 16.5. The molecular weight excluding hydrogens is 288 g/mol. The Balaban J connectivity index is 2.23. The highest BCUT2D eigenvalue weighted by Crippen LogP contribution is 2.21. The number of aromatic nitrogens is 1. The molecule has 0 unspecified atom stereocenters. The molecule has 0 saturated carbocycles. The van der Waals surface area contributed by atoms with Crippen molar-refractivity contribution in [3.8, 4) is 5.69 Å². The number of nitrogens with zero attached hydrogens (tertiary/aromatic N) is 2. The molecule has 0 aliphatic carbocycles. The van der Waals surface area contributed by atoms with E-state index < -0.39 is 0 Å². The van der Waals surface area contributed by atoms with Crippen LogP contribution in [-0.2, 0) is 4.74 Å². The number of benzene rings is 1. The van der Waals surface area contributed by atoms with Gasteiger partial charge >= 0.3 is 0 Å². The van der Waals surface area contributed by atoms with Gasteiger partial charge in [-0.2, -0.15) is 0 Å². The number of hydrogen-bond acceptors (Lipinski definition) is 3. The summed E-state index contributed by atoms with van der Waals surface area (Å²) in [7, 11) is 3.61. The minimum atomic E-state index is 0.148. The van der Waals surface area contributed by atoms with Gasteiger partial charge in [-0.05, 0) is 46.0 Å². The molecule has 1 aromatic carbocycles. The number of likely N-dealkylation sites (N-methyl/N-ethyl adjacent to an activating group) is 1. The maximum atomic E-state index is 12.6. The molecule has 1 aromatic heterocycles. The van der Waals surface area contributed by atoms with Gasteiger partial charge in [0.15, 0.2) is 5.78 Å². The van der Waals surface area contributed by atoms with Crippen LogP contribution in [0.3, 0.4) is 0 Å². The molecule has 0 N–H and O–H groups in total. The Bertz CT molecular complexity index is 671. The van der Waals surface area contributed by atoms with Crippen LogP contribution >= 0.6 is 0 Å². The molecule has 0 aliphatic heterocycles. The zero-order chi connectivity index (χ0) is 17.0. The number of ketones is 1. The fourth-order valence-corrected chi connectivity index (χ4v) is 2.79. The number of rotatable bonds is 7. The lowest BCUT2D eigenvalue weighted by molar-refractivity contribution is 0.0922. The normalized spacial score (nSPS) is 11.2. The summed E-state index contributed by atoms with van der Waals surface area (Å²) in [5.41, 5.74) is 5.20. The van der Waals surface area contributed by atoms with E-state index in [0.717, 1.165) is 29.2 Å². The van der Waals surface area contributed by atoms with Gasteiger partial charge in [0.25, 0.3) is 0 Å². The molecule has 0 saturated heterocycles. The van der Waals surface area contributed by atoms with Crippen LogP contribution in [0.2, 0.25) is 0 Å². The van der Waals surface area contributed by atoms with E-state index in [1.807, 2.05) is 31.9 Å². The number of carbonyl (C=O) groups excluding carboxylic acids is 1. The third-order valence-electron chi connectivity index (χ3n) is 4.11. The van der Waals surface area contributed by atoms with Crippen LogP contribution in [0.1, 0.15) is 27.3 Å². The second-order valence-electron chi connectivity index (χ2n) is 6.11. The molecule has 4 nitrogen and oxygen atoms in total. The minimum Gasteiger partial charge on any atom is -0.383 e. The molecule has 1 heterocycles. The van der Waals surface area contributed by atoms with Crippen LogP contribution < -0.4 is 0 Å². The fourth-order valence-electron chi connectivity index (χ4n) is 2.79. The molecule has 23 heavy (non-hydrogen) atoms. The van der Waals surface area contributed by atoms with Crippen molar-refractivity contribution in [2.45, 2.75) is 20.8 Å². The first-order chi connectivity index (χ1) is 10.9. The van der Waals surface area contributed by atoms with E-state index in [2.05, 4.69) is 35.8 Å². The average Bonchev–Trinajstić information content (AvgIpc) is 2.81. The molecule has 0 radical (unpaired) electrons. The lowest BCUT2D eigenvalue weighted by Crippen LogP contribution is -2.29. The molecule has 2 aromatic rings. The molecule has 0 amide bonds. The van der Waals surface area contributed by atoms with E-state index in [-0.39, 0.29) is 5.78 Å². The van der Waals surface area contributed by atoms with Crippen molar-refractivity contribution in [3.63, 3.8) is 0 Å². The molecule has 4 heteroatoms. The van der Waals surface area contributed by atoms with Crippen LogP contribution in [-0.4, -0.2) is 49.1 Å². The van der Waals surface area contributed by atoms with Gasteiger partial charge < -0.3 is 9.30 Å². The largest absolute Gasteiger partial charge is 0.383 e. The van der Waals surface area contributed by atoms with Crippen LogP contribution in [0.5, 0.6) is 0 Å². The molecule has 0 fully saturated rings. The van der Waals surface area contributed by atoms with Crippen molar-refractivity contribution in [3.05, 3.63) is 52.8 Å². The topological polar surface area (TPSA) is 34.5 Å². The van der Waals surface area contributed by atoms with E-state index in [0.29, 0.717) is 13.2 Å². The predicted octanol–water partition coefficient (Wildman–Crippen LogP) is 3.16. The Morgan fingerprint density at radius 2 is 1.83 bits per heavy atom. The van der Waals surface area contributed by atoms with Gasteiger partial charge in [0.1, 0.15) is 0 Å². The molecule has 0 atom stereocenters. The van der Waals surface area contributed by atoms with Crippen molar-refractivity contribution in [1.29, 1.82) is 0 Å². The van der Waals surface area contributed by atoms with Crippen LogP contribution in [0.15, 0.2) is 30.3 Å². The van der Waals surface area contributed by atoms with Crippen LogP contribution in [0.4, 0.5) is 0 Å². The minimum absolute atomic E-state index is 0.148. The number of carbonyl (C=O) groups is 1. The second-order valence-corrected chi connectivity index (χ2v) is 6.11. The highest BCUT2D eigenvalue weighted by molar-refractivity contribution is 5.99. The van der Waals surface area contributed by atoms with Gasteiger partial charge in [-0.15, -0.1) is 0 Å². The second kappa shape index (κ2) is 7.57. The summed E-state index contributed by atoms with van der Waals surface area (Å²) in [6.45, 7) is 7.91. The first kappa shape index (κ1) is 17.4. The number of Topliss-reactive ketones (excluding diaryl/α,β-unsaturated/α-hetero) is 1. The van der Waals surface area contributed by atoms with E-state index >= 15 is 0 Å². The maximum Gasteiger partial charge on any atom is 0.178 e. The zero-order valence-electron chi connectivity index (χ0n) is 14.7. The summed E-state index contributed by atoms with van der Waals surface area (Å²) < 4.78 is 7.20. The summed E-state index contributed by atoms with van der Waals surface area (Å²) >= 11 is 0. The first-order valence-corrected chi connectivity index (χ1v) is 7.90. The molecule has 0 spiro atoms. The van der Waals surface area contributed by atoms with Gasteiger partial charge in [0.2, 0.25) is 0 Å². The number of hydrogen-bond donors (Lipinski definition) is 0. The quantitative estimate of drug-likeness (QED) is 0.736. The summed E-state index contributed by atoms with van der Waals surface area (Å²) in [6, 6.07) is 10.4. The summed E-state index contributed by atoms with van der Waals surface area (Å²) in [4.78, 5) is 14.6. The van der Waals surface area contributed by atoms with Crippen molar-refractivity contribution < 1.29 is 9.53 Å². The Labute approximate surface area is 138 Å². The average molecular weight is 314 g/mol. The van der Waals surface area contributed by atoms with Gasteiger partial charge in [-0.25, -0.2) is 0 Å². The zero-order valence-corrected chi connectivity index (χ0v) is 14.7. The Kier molecular flexibility index (Phi) is 5.74. The van der Waals surface area contributed by atoms with Crippen LogP contribution in [0, 0.1) is 20.8 Å². The van der Waals surface area contributed by atoms with Gasteiger partial charge in [0.05, 0.1) is 13.2 Å². The van der Waals surface area contributed by atoms with Crippen LogP contribution in [0.25, 0.3) is 5.69 Å². The molecule has 0 aliphatic rings. The lowest BCUT2D eigenvalue weighted by atomic mass is 10.1. The first-order valence-electron chi connectivity index (χ1n) is 7.90. The van der Waals surface area contributed by atoms with Crippen molar-refractivity contribution in [2.24, 2.45) is 0 Å². The third-order valence-corrected chi connectivity index (χ3v) is 4.11. The molecule has 124 valence electrons. The molecule has 0 bridgehead atoms. The number of ether oxygens (including phenoxy) is 1.